The maximum Gasteiger partial charge on any atom is 0.573 e. The molecular formula is C8H4BrF3INO3. The van der Waals surface area contributed by atoms with E-state index in [1.807, 2.05) is 0 Å². The fraction of sp³-hybridized carbons (Fsp3) is 0.250. The fourth-order valence-corrected chi connectivity index (χ4v) is 2.63. The van der Waals surface area contributed by atoms with Crippen LogP contribution in [0.5, 0.6) is 5.75 Å². The lowest BCUT2D eigenvalue weighted by Crippen LogP contribution is -2.21. The van der Waals surface area contributed by atoms with Gasteiger partial charge in [-0.05, 0) is 22.6 Å². The molecule has 94 valence electrons. The van der Waals surface area contributed by atoms with E-state index in [0.717, 1.165) is 6.20 Å². The molecule has 0 bridgehead atoms. The third-order valence-electron chi connectivity index (χ3n) is 1.66. The number of ether oxygens (including phenoxy) is 1. The number of alkyl halides is 4. The normalized spacial score (nSPS) is 11.4. The topological polar surface area (TPSA) is 59.4 Å². The molecule has 1 heterocycles. The Hall–Kier alpha value is -0.580. The summed E-state index contributed by atoms with van der Waals surface area (Å²) in [6.07, 6.45) is -4.12. The maximum atomic E-state index is 12.2. The first-order valence-electron chi connectivity index (χ1n) is 3.98. The SMILES string of the molecule is O=C(O)c1cnc(I)c(CBr)c1OC(F)(F)F. The van der Waals surface area contributed by atoms with Crippen molar-refractivity contribution in [2.45, 2.75) is 11.7 Å². The minimum absolute atomic E-state index is 0.00477. The van der Waals surface area contributed by atoms with Gasteiger partial charge in [0.1, 0.15) is 9.26 Å². The lowest BCUT2D eigenvalue weighted by atomic mass is 10.2. The summed E-state index contributed by atoms with van der Waals surface area (Å²) < 4.78 is 40.5. The molecule has 4 nitrogen and oxygen atoms in total. The van der Waals surface area contributed by atoms with Gasteiger partial charge < -0.3 is 9.84 Å². The monoisotopic (exact) mass is 425 g/mol. The standard InChI is InChI=1S/C8H4BrF3INO3/c9-1-3-5(17-8(10,11)12)4(7(15)16)2-14-6(3)13/h2H,1H2,(H,15,16). The van der Waals surface area contributed by atoms with E-state index in [4.69, 9.17) is 5.11 Å². The van der Waals surface area contributed by atoms with Crippen LogP contribution in [0, 0.1) is 3.70 Å². The highest BCUT2D eigenvalue weighted by Crippen LogP contribution is 2.33. The second-order valence-electron chi connectivity index (χ2n) is 2.76. The van der Waals surface area contributed by atoms with Crippen LogP contribution in [-0.4, -0.2) is 22.4 Å². The Morgan fingerprint density at radius 3 is 2.59 bits per heavy atom. The third kappa shape index (κ3) is 3.69. The fourth-order valence-electron chi connectivity index (χ4n) is 1.01. The van der Waals surface area contributed by atoms with E-state index >= 15 is 0 Å². The number of hydrogen-bond donors (Lipinski definition) is 1. The summed E-state index contributed by atoms with van der Waals surface area (Å²) in [7, 11) is 0. The van der Waals surface area contributed by atoms with E-state index in [1.165, 1.54) is 0 Å². The van der Waals surface area contributed by atoms with Gasteiger partial charge in [-0.3, -0.25) is 0 Å². The second-order valence-corrected chi connectivity index (χ2v) is 4.34. The highest BCUT2D eigenvalue weighted by atomic mass is 127. The Labute approximate surface area is 115 Å². The lowest BCUT2D eigenvalue weighted by molar-refractivity contribution is -0.275. The van der Waals surface area contributed by atoms with Crippen LogP contribution < -0.4 is 4.74 Å². The molecule has 0 radical (unpaired) electrons. The first kappa shape index (κ1) is 14.5. The summed E-state index contributed by atoms with van der Waals surface area (Å²) in [5, 5.41) is 8.77. The van der Waals surface area contributed by atoms with Crippen LogP contribution in [0.4, 0.5) is 13.2 Å². The predicted octanol–water partition coefficient (Wildman–Crippen LogP) is 3.18. The van der Waals surface area contributed by atoms with Gasteiger partial charge in [-0.1, -0.05) is 15.9 Å². The second kappa shape index (κ2) is 5.38. The van der Waals surface area contributed by atoms with Crippen LogP contribution in [0.15, 0.2) is 6.20 Å². The average Bonchev–Trinajstić information content (AvgIpc) is 2.15. The Kier molecular flexibility index (Phi) is 4.58. The Morgan fingerprint density at radius 1 is 1.59 bits per heavy atom. The van der Waals surface area contributed by atoms with Crippen LogP contribution in [0.1, 0.15) is 15.9 Å². The minimum Gasteiger partial charge on any atom is -0.477 e. The van der Waals surface area contributed by atoms with Crippen molar-refractivity contribution < 1.29 is 27.8 Å². The smallest absolute Gasteiger partial charge is 0.477 e. The Balaban J connectivity index is 3.39. The molecule has 1 aromatic rings. The molecule has 1 rings (SSSR count). The zero-order valence-corrected chi connectivity index (χ0v) is 11.6. The molecule has 0 amide bonds. The molecule has 0 fully saturated rings. The molecule has 0 unspecified atom stereocenters. The van der Waals surface area contributed by atoms with Gasteiger partial charge in [-0.15, -0.1) is 13.2 Å². The van der Waals surface area contributed by atoms with Gasteiger partial charge >= 0.3 is 12.3 Å². The van der Waals surface area contributed by atoms with Crippen LogP contribution >= 0.6 is 38.5 Å². The van der Waals surface area contributed by atoms with Gasteiger partial charge in [-0.2, -0.15) is 0 Å². The van der Waals surface area contributed by atoms with E-state index in [1.54, 1.807) is 22.6 Å². The Morgan fingerprint density at radius 2 is 2.18 bits per heavy atom. The number of halogens is 5. The zero-order valence-electron chi connectivity index (χ0n) is 7.89. The largest absolute Gasteiger partial charge is 0.573 e. The number of pyridine rings is 1. The number of hydrogen-bond acceptors (Lipinski definition) is 3. The molecule has 0 aliphatic heterocycles. The maximum absolute atomic E-state index is 12.2. The number of aromatic nitrogens is 1. The van der Waals surface area contributed by atoms with E-state index in [-0.39, 0.29) is 14.6 Å². The molecule has 0 saturated heterocycles. The number of nitrogens with zero attached hydrogens (tertiary/aromatic N) is 1. The Bertz CT molecular complexity index is 452. The highest BCUT2D eigenvalue weighted by molar-refractivity contribution is 14.1. The number of carboxylic acid groups (broad SMARTS) is 1. The van der Waals surface area contributed by atoms with Crippen molar-refractivity contribution in [3.63, 3.8) is 0 Å². The van der Waals surface area contributed by atoms with Crippen LogP contribution in [0.25, 0.3) is 0 Å². The van der Waals surface area contributed by atoms with E-state index < -0.39 is 23.6 Å². The number of carboxylic acids is 1. The molecule has 1 aromatic heterocycles. The summed E-state index contributed by atoms with van der Waals surface area (Å²) in [6.45, 7) is 0. The molecule has 0 aliphatic carbocycles. The molecule has 0 aliphatic rings. The summed E-state index contributed by atoms with van der Waals surface area (Å²) in [6, 6.07) is 0. The van der Waals surface area contributed by atoms with E-state index in [2.05, 4.69) is 25.7 Å². The summed E-state index contributed by atoms with van der Waals surface area (Å²) in [4.78, 5) is 14.5. The number of aromatic carboxylic acids is 1. The van der Waals surface area contributed by atoms with E-state index in [9.17, 15) is 18.0 Å². The zero-order chi connectivity index (χ0) is 13.2. The van der Waals surface area contributed by atoms with Crippen LogP contribution in [-0.2, 0) is 5.33 Å². The minimum atomic E-state index is -4.95. The van der Waals surface area contributed by atoms with Crippen LogP contribution in [0.3, 0.4) is 0 Å². The molecule has 1 N–H and O–H groups in total. The number of carbonyl (C=O) groups is 1. The predicted molar refractivity (Wildman–Crippen MR) is 63.2 cm³/mol. The van der Waals surface area contributed by atoms with Gasteiger partial charge in [0.15, 0.2) is 5.75 Å². The summed E-state index contributed by atoms with van der Waals surface area (Å²) in [5.41, 5.74) is -0.583. The molecule has 9 heteroatoms. The van der Waals surface area contributed by atoms with Crippen molar-refractivity contribution in [1.29, 1.82) is 0 Å². The van der Waals surface area contributed by atoms with Crippen molar-refractivity contribution in [2.24, 2.45) is 0 Å². The van der Waals surface area contributed by atoms with Gasteiger partial charge in [0.05, 0.1) is 0 Å². The first-order valence-corrected chi connectivity index (χ1v) is 6.18. The quantitative estimate of drug-likeness (QED) is 0.459. The molecular weight excluding hydrogens is 422 g/mol. The van der Waals surface area contributed by atoms with Crippen molar-refractivity contribution in [1.82, 2.24) is 4.98 Å². The van der Waals surface area contributed by atoms with Crippen molar-refractivity contribution in [2.75, 3.05) is 0 Å². The first-order chi connectivity index (χ1) is 7.76. The molecule has 0 spiro atoms. The molecule has 0 aromatic carbocycles. The highest BCUT2D eigenvalue weighted by Gasteiger charge is 2.35. The van der Waals surface area contributed by atoms with E-state index in [0.29, 0.717) is 0 Å². The van der Waals surface area contributed by atoms with Crippen molar-refractivity contribution in [3.8, 4) is 5.75 Å². The lowest BCUT2D eigenvalue weighted by Gasteiger charge is -2.14. The molecule has 0 atom stereocenters. The summed E-state index contributed by atoms with van der Waals surface area (Å²) >= 11 is 4.66. The number of rotatable bonds is 3. The van der Waals surface area contributed by atoms with Crippen molar-refractivity contribution >= 4 is 44.5 Å². The van der Waals surface area contributed by atoms with Gasteiger partial charge in [-0.25, -0.2) is 9.78 Å². The summed E-state index contributed by atoms with van der Waals surface area (Å²) in [5.74, 6) is -2.27. The third-order valence-corrected chi connectivity index (χ3v) is 3.15. The van der Waals surface area contributed by atoms with Gasteiger partial charge in [0.25, 0.3) is 0 Å². The van der Waals surface area contributed by atoms with Crippen LogP contribution in [0.2, 0.25) is 0 Å². The molecule has 0 saturated carbocycles. The molecule has 17 heavy (non-hydrogen) atoms. The average molecular weight is 426 g/mol. The van der Waals surface area contributed by atoms with Crippen molar-refractivity contribution in [3.05, 3.63) is 21.0 Å². The van der Waals surface area contributed by atoms with Gasteiger partial charge in [0, 0.05) is 17.1 Å². The van der Waals surface area contributed by atoms with Gasteiger partial charge in [0.2, 0.25) is 0 Å².